The number of carbonyl (C=O) groups is 1. The molecule has 0 heterocycles. The van der Waals surface area contributed by atoms with Crippen LogP contribution in [-0.4, -0.2) is 12.4 Å². The molecular formula is C14H10ClFO2. The normalized spacial score (nSPS) is 10.1. The largest absolute Gasteiger partial charge is 0.482 e. The van der Waals surface area contributed by atoms with Crippen LogP contribution in [0.1, 0.15) is 10.4 Å². The first-order valence-electron chi connectivity index (χ1n) is 5.33. The predicted molar refractivity (Wildman–Crippen MR) is 67.7 cm³/mol. The number of para-hydroxylation sites is 1. The van der Waals surface area contributed by atoms with Gasteiger partial charge < -0.3 is 4.74 Å². The minimum Gasteiger partial charge on any atom is -0.482 e. The SMILES string of the molecule is O=C(COc1ccccc1F)c1ccccc1Cl. The third-order valence-electron chi connectivity index (χ3n) is 2.37. The quantitative estimate of drug-likeness (QED) is 0.787. The fourth-order valence-corrected chi connectivity index (χ4v) is 1.71. The lowest BCUT2D eigenvalue weighted by atomic mass is 10.1. The first kappa shape index (κ1) is 12.6. The van der Waals surface area contributed by atoms with E-state index in [-0.39, 0.29) is 18.1 Å². The van der Waals surface area contributed by atoms with Crippen LogP contribution >= 0.6 is 11.6 Å². The van der Waals surface area contributed by atoms with Crippen LogP contribution < -0.4 is 4.74 Å². The van der Waals surface area contributed by atoms with Crippen LogP contribution in [0.5, 0.6) is 5.75 Å². The van der Waals surface area contributed by atoms with E-state index in [1.807, 2.05) is 0 Å². The number of hydrogen-bond acceptors (Lipinski definition) is 2. The van der Waals surface area contributed by atoms with Gasteiger partial charge in [0.1, 0.15) is 0 Å². The van der Waals surface area contributed by atoms with Crippen molar-refractivity contribution in [2.45, 2.75) is 0 Å². The van der Waals surface area contributed by atoms with Crippen molar-refractivity contribution in [2.24, 2.45) is 0 Å². The molecular weight excluding hydrogens is 255 g/mol. The van der Waals surface area contributed by atoms with E-state index in [0.717, 1.165) is 0 Å². The summed E-state index contributed by atoms with van der Waals surface area (Å²) in [5.41, 5.74) is 0.371. The topological polar surface area (TPSA) is 26.3 Å². The van der Waals surface area contributed by atoms with Crippen molar-refractivity contribution in [3.63, 3.8) is 0 Å². The Balaban J connectivity index is 2.06. The molecule has 2 rings (SSSR count). The maximum absolute atomic E-state index is 13.3. The van der Waals surface area contributed by atoms with Gasteiger partial charge in [-0.1, -0.05) is 35.9 Å². The third-order valence-corrected chi connectivity index (χ3v) is 2.70. The molecule has 2 nitrogen and oxygen atoms in total. The highest BCUT2D eigenvalue weighted by Gasteiger charge is 2.11. The molecule has 4 heteroatoms. The van der Waals surface area contributed by atoms with Crippen LogP contribution in [0.3, 0.4) is 0 Å². The average Bonchev–Trinajstić information content (AvgIpc) is 2.38. The molecule has 0 N–H and O–H groups in total. The number of halogens is 2. The van der Waals surface area contributed by atoms with Crippen molar-refractivity contribution in [3.05, 3.63) is 64.9 Å². The van der Waals surface area contributed by atoms with E-state index < -0.39 is 5.82 Å². The van der Waals surface area contributed by atoms with Gasteiger partial charge in [-0.25, -0.2) is 4.39 Å². The molecule has 2 aromatic carbocycles. The summed E-state index contributed by atoms with van der Waals surface area (Å²) in [5, 5.41) is 0.361. The molecule has 0 spiro atoms. The van der Waals surface area contributed by atoms with Crippen molar-refractivity contribution >= 4 is 17.4 Å². The van der Waals surface area contributed by atoms with Gasteiger partial charge in [0.15, 0.2) is 18.2 Å². The molecule has 92 valence electrons. The second-order valence-corrected chi connectivity index (χ2v) is 4.03. The number of Topliss-reactive ketones (excluding diaryl/α,β-unsaturated/α-hetero) is 1. The second kappa shape index (κ2) is 5.65. The predicted octanol–water partition coefficient (Wildman–Crippen LogP) is 3.74. The summed E-state index contributed by atoms with van der Waals surface area (Å²) in [6.07, 6.45) is 0. The molecule has 0 aliphatic carbocycles. The maximum atomic E-state index is 13.3. The van der Waals surface area contributed by atoms with E-state index in [1.54, 1.807) is 36.4 Å². The molecule has 0 bridgehead atoms. The highest BCUT2D eigenvalue weighted by atomic mass is 35.5. The highest BCUT2D eigenvalue weighted by Crippen LogP contribution is 2.18. The van der Waals surface area contributed by atoms with Gasteiger partial charge in [-0.15, -0.1) is 0 Å². The first-order chi connectivity index (χ1) is 8.68. The van der Waals surface area contributed by atoms with Crippen LogP contribution in [-0.2, 0) is 0 Å². The molecule has 0 fully saturated rings. The number of hydrogen-bond donors (Lipinski definition) is 0. The lowest BCUT2D eigenvalue weighted by Crippen LogP contribution is -2.12. The smallest absolute Gasteiger partial charge is 0.201 e. The average molecular weight is 265 g/mol. The van der Waals surface area contributed by atoms with Gasteiger partial charge in [0.2, 0.25) is 5.78 Å². The van der Waals surface area contributed by atoms with Gasteiger partial charge in [0, 0.05) is 5.56 Å². The Morgan fingerprint density at radius 3 is 2.50 bits per heavy atom. The number of ether oxygens (including phenoxy) is 1. The number of rotatable bonds is 4. The van der Waals surface area contributed by atoms with Gasteiger partial charge in [-0.05, 0) is 24.3 Å². The standard InChI is InChI=1S/C14H10ClFO2/c15-11-6-2-1-5-10(11)13(17)9-18-14-8-4-3-7-12(14)16/h1-8H,9H2. The molecule has 0 unspecified atom stereocenters. The van der Waals surface area contributed by atoms with Crippen molar-refractivity contribution in [3.8, 4) is 5.75 Å². The molecule has 0 saturated carbocycles. The molecule has 0 saturated heterocycles. The summed E-state index contributed by atoms with van der Waals surface area (Å²) in [7, 11) is 0. The molecule has 0 radical (unpaired) electrons. The summed E-state index contributed by atoms with van der Waals surface area (Å²) in [5.74, 6) is -0.730. The first-order valence-corrected chi connectivity index (χ1v) is 5.71. The van der Waals surface area contributed by atoms with Crippen LogP contribution in [0, 0.1) is 5.82 Å². The zero-order chi connectivity index (χ0) is 13.0. The fraction of sp³-hybridized carbons (Fsp3) is 0.0714. The van der Waals surface area contributed by atoms with E-state index in [0.29, 0.717) is 10.6 Å². The zero-order valence-electron chi connectivity index (χ0n) is 9.40. The monoisotopic (exact) mass is 264 g/mol. The van der Waals surface area contributed by atoms with Gasteiger partial charge >= 0.3 is 0 Å². The fourth-order valence-electron chi connectivity index (χ4n) is 1.47. The van der Waals surface area contributed by atoms with Crippen LogP contribution in [0.15, 0.2) is 48.5 Å². The molecule has 0 aliphatic rings. The van der Waals surface area contributed by atoms with Crippen LogP contribution in [0.25, 0.3) is 0 Å². The molecule has 0 aliphatic heterocycles. The minimum absolute atomic E-state index is 0.0536. The van der Waals surface area contributed by atoms with Crippen LogP contribution in [0.2, 0.25) is 5.02 Å². The number of carbonyl (C=O) groups excluding carboxylic acids is 1. The zero-order valence-corrected chi connectivity index (χ0v) is 10.2. The van der Waals surface area contributed by atoms with Gasteiger partial charge in [-0.2, -0.15) is 0 Å². The second-order valence-electron chi connectivity index (χ2n) is 3.62. The Hall–Kier alpha value is -1.87. The van der Waals surface area contributed by atoms with Crippen molar-refractivity contribution in [1.29, 1.82) is 0 Å². The van der Waals surface area contributed by atoms with Crippen molar-refractivity contribution in [1.82, 2.24) is 0 Å². The minimum atomic E-state index is -0.496. The van der Waals surface area contributed by atoms with E-state index >= 15 is 0 Å². The summed E-state index contributed by atoms with van der Waals surface area (Å²) < 4.78 is 18.4. The lowest BCUT2D eigenvalue weighted by Gasteiger charge is -2.07. The highest BCUT2D eigenvalue weighted by molar-refractivity contribution is 6.34. The number of benzene rings is 2. The molecule has 0 amide bonds. The molecule has 0 atom stereocenters. The summed E-state index contributed by atoms with van der Waals surface area (Å²) in [6, 6.07) is 12.6. The number of ketones is 1. The lowest BCUT2D eigenvalue weighted by molar-refractivity contribution is 0.0919. The Labute approximate surface area is 109 Å². The van der Waals surface area contributed by atoms with Crippen LogP contribution in [0.4, 0.5) is 4.39 Å². The van der Waals surface area contributed by atoms with E-state index in [1.165, 1.54) is 12.1 Å². The Kier molecular flexibility index (Phi) is 3.95. The Morgan fingerprint density at radius 2 is 1.78 bits per heavy atom. The maximum Gasteiger partial charge on any atom is 0.201 e. The molecule has 18 heavy (non-hydrogen) atoms. The van der Waals surface area contributed by atoms with Gasteiger partial charge in [-0.3, -0.25) is 4.79 Å². The Morgan fingerprint density at radius 1 is 1.11 bits per heavy atom. The third kappa shape index (κ3) is 2.87. The summed E-state index contributed by atoms with van der Waals surface area (Å²) >= 11 is 5.88. The van der Waals surface area contributed by atoms with E-state index in [4.69, 9.17) is 16.3 Å². The van der Waals surface area contributed by atoms with E-state index in [9.17, 15) is 9.18 Å². The van der Waals surface area contributed by atoms with Crippen molar-refractivity contribution < 1.29 is 13.9 Å². The molecule has 0 aromatic heterocycles. The van der Waals surface area contributed by atoms with Gasteiger partial charge in [0.05, 0.1) is 5.02 Å². The Bertz CT molecular complexity index is 569. The summed E-state index contributed by atoms with van der Waals surface area (Å²) in [4.78, 5) is 11.8. The summed E-state index contributed by atoms with van der Waals surface area (Å²) in [6.45, 7) is -0.245. The van der Waals surface area contributed by atoms with Gasteiger partial charge in [0.25, 0.3) is 0 Å². The van der Waals surface area contributed by atoms with Crippen molar-refractivity contribution in [2.75, 3.05) is 6.61 Å². The van der Waals surface area contributed by atoms with E-state index in [2.05, 4.69) is 0 Å². The molecule has 2 aromatic rings.